The van der Waals surface area contributed by atoms with Crippen molar-refractivity contribution in [2.75, 3.05) is 12.3 Å². The van der Waals surface area contributed by atoms with Gasteiger partial charge >= 0.3 is 0 Å². The number of primary amides is 1. The third-order valence-corrected chi connectivity index (χ3v) is 3.73. The summed E-state index contributed by atoms with van der Waals surface area (Å²) in [6.45, 7) is 3.10. The van der Waals surface area contributed by atoms with E-state index in [1.807, 2.05) is 0 Å². The molecule has 13 nitrogen and oxygen atoms in total. The van der Waals surface area contributed by atoms with Gasteiger partial charge in [0.1, 0.15) is 5.75 Å². The van der Waals surface area contributed by atoms with E-state index in [0.717, 1.165) is 10.2 Å². The molecule has 1 aromatic carbocycles. The molecule has 2 heterocycles. The summed E-state index contributed by atoms with van der Waals surface area (Å²) < 4.78 is 10.8. The third kappa shape index (κ3) is 4.35. The smallest absolute Gasteiger partial charge is 0.292 e. The fourth-order valence-electron chi connectivity index (χ4n) is 2.30. The summed E-state index contributed by atoms with van der Waals surface area (Å²) in [5.74, 6) is -0.656. The molecule has 3 aromatic rings. The minimum atomic E-state index is -0.573. The highest BCUT2D eigenvalue weighted by molar-refractivity contribution is 6.00. The lowest BCUT2D eigenvalue weighted by Crippen LogP contribution is -2.24. The molecule has 0 radical (unpaired) electrons. The summed E-state index contributed by atoms with van der Waals surface area (Å²) in [5, 5.41) is 18.8. The number of hydrogen-bond donors (Lipinski definition) is 3. The lowest BCUT2D eigenvalue weighted by molar-refractivity contribution is -0.119. The van der Waals surface area contributed by atoms with Gasteiger partial charge < -0.3 is 16.2 Å². The van der Waals surface area contributed by atoms with Crippen molar-refractivity contribution in [1.82, 2.24) is 30.7 Å². The predicted molar refractivity (Wildman–Crippen MR) is 99.2 cm³/mol. The Bertz CT molecular complexity index is 1070. The lowest BCUT2D eigenvalue weighted by atomic mass is 10.1. The summed E-state index contributed by atoms with van der Waals surface area (Å²) >= 11 is 0. The Balaban J connectivity index is 1.73. The minimum absolute atomic E-state index is 0.0396. The van der Waals surface area contributed by atoms with E-state index in [4.69, 9.17) is 16.2 Å². The first-order valence-corrected chi connectivity index (χ1v) is 8.23. The van der Waals surface area contributed by atoms with E-state index in [1.165, 1.54) is 0 Å². The zero-order valence-corrected chi connectivity index (χ0v) is 15.5. The van der Waals surface area contributed by atoms with Gasteiger partial charge in [0, 0.05) is 0 Å². The van der Waals surface area contributed by atoms with Gasteiger partial charge in [0.2, 0.25) is 11.6 Å². The Morgan fingerprint density at radius 2 is 2.00 bits per heavy atom. The first-order chi connectivity index (χ1) is 13.9. The molecule has 29 heavy (non-hydrogen) atoms. The Kier molecular flexibility index (Phi) is 5.48. The van der Waals surface area contributed by atoms with Gasteiger partial charge in [0.25, 0.3) is 11.8 Å². The number of rotatable bonds is 7. The van der Waals surface area contributed by atoms with Gasteiger partial charge in [-0.25, -0.2) is 10.1 Å². The number of nitrogens with zero attached hydrogens (tertiary/aromatic N) is 6. The van der Waals surface area contributed by atoms with Crippen molar-refractivity contribution in [2.24, 2.45) is 10.8 Å². The molecule has 0 saturated carbocycles. The van der Waals surface area contributed by atoms with Crippen LogP contribution < -0.4 is 21.6 Å². The monoisotopic (exact) mass is 399 g/mol. The molecule has 0 saturated heterocycles. The van der Waals surface area contributed by atoms with E-state index in [1.54, 1.807) is 38.1 Å². The molecule has 2 amide bonds. The number of anilines is 1. The van der Waals surface area contributed by atoms with Crippen LogP contribution in [0.4, 0.5) is 5.82 Å². The van der Waals surface area contributed by atoms with Crippen molar-refractivity contribution < 1.29 is 19.0 Å². The van der Waals surface area contributed by atoms with Gasteiger partial charge in [0.05, 0.1) is 11.4 Å². The van der Waals surface area contributed by atoms with Crippen molar-refractivity contribution in [3.05, 3.63) is 41.2 Å². The van der Waals surface area contributed by atoms with Gasteiger partial charge in [-0.2, -0.15) is 9.78 Å². The molecule has 150 valence electrons. The molecule has 0 aliphatic heterocycles. The van der Waals surface area contributed by atoms with Crippen molar-refractivity contribution in [2.45, 2.75) is 13.8 Å². The SMILES string of the molecule is CC(=NNC(=O)c1c(C)nnn1-c1nonc1N)c1ccc(OCC(N)=O)cc1. The molecule has 0 bridgehead atoms. The van der Waals surface area contributed by atoms with Crippen molar-refractivity contribution in [3.63, 3.8) is 0 Å². The zero-order valence-electron chi connectivity index (χ0n) is 15.5. The lowest BCUT2D eigenvalue weighted by Gasteiger charge is -2.06. The van der Waals surface area contributed by atoms with Gasteiger partial charge in [-0.1, -0.05) is 5.21 Å². The highest BCUT2D eigenvalue weighted by Gasteiger charge is 2.22. The number of ether oxygens (including phenoxy) is 1. The number of nitrogens with two attached hydrogens (primary N) is 2. The number of carbonyl (C=O) groups is 2. The van der Waals surface area contributed by atoms with Crippen LogP contribution in [-0.4, -0.2) is 49.4 Å². The number of aromatic nitrogens is 5. The van der Waals surface area contributed by atoms with Gasteiger partial charge in [-0.15, -0.1) is 5.10 Å². The van der Waals surface area contributed by atoms with Crippen LogP contribution >= 0.6 is 0 Å². The van der Waals surface area contributed by atoms with Crippen molar-refractivity contribution in [3.8, 4) is 11.6 Å². The number of aryl methyl sites for hydroxylation is 1. The normalized spacial score (nSPS) is 11.3. The molecule has 0 aliphatic rings. The van der Waals surface area contributed by atoms with E-state index >= 15 is 0 Å². The standard InChI is InChI=1S/C16H17N9O4/c1-8(10-3-5-11(6-4-10)28-7-12(17)26)19-21-16(27)13-9(2)20-24-25(13)15-14(18)22-29-23-15/h3-6H,7H2,1-2H3,(H2,17,26)(H2,18,22)(H,21,27). The molecule has 0 aliphatic carbocycles. The minimum Gasteiger partial charge on any atom is -0.484 e. The number of benzene rings is 1. The van der Waals surface area contributed by atoms with Crippen LogP contribution in [0, 0.1) is 6.92 Å². The van der Waals surface area contributed by atoms with Gasteiger partial charge in [0.15, 0.2) is 12.3 Å². The van der Waals surface area contributed by atoms with Crippen LogP contribution in [0.3, 0.4) is 0 Å². The summed E-state index contributed by atoms with van der Waals surface area (Å²) in [6, 6.07) is 6.76. The van der Waals surface area contributed by atoms with Crippen LogP contribution in [-0.2, 0) is 4.79 Å². The third-order valence-electron chi connectivity index (χ3n) is 3.73. The quantitative estimate of drug-likeness (QED) is 0.349. The van der Waals surface area contributed by atoms with Crippen LogP contribution in [0.25, 0.3) is 5.82 Å². The van der Waals surface area contributed by atoms with Crippen molar-refractivity contribution in [1.29, 1.82) is 0 Å². The average molecular weight is 399 g/mol. The largest absolute Gasteiger partial charge is 0.484 e. The molecule has 0 unspecified atom stereocenters. The maximum atomic E-state index is 12.6. The van der Waals surface area contributed by atoms with E-state index in [2.05, 4.69) is 35.8 Å². The highest BCUT2D eigenvalue weighted by atomic mass is 16.6. The van der Waals surface area contributed by atoms with Crippen LogP contribution in [0.5, 0.6) is 5.75 Å². The molecule has 0 atom stereocenters. The fraction of sp³-hybridized carbons (Fsp3) is 0.188. The Labute approximate surface area is 163 Å². The maximum absolute atomic E-state index is 12.6. The predicted octanol–water partition coefficient (Wildman–Crippen LogP) is -0.441. The van der Waals surface area contributed by atoms with Gasteiger partial charge in [-0.3, -0.25) is 9.59 Å². The fourth-order valence-corrected chi connectivity index (χ4v) is 2.30. The summed E-state index contributed by atoms with van der Waals surface area (Å²) in [6.07, 6.45) is 0. The zero-order chi connectivity index (χ0) is 21.0. The van der Waals surface area contributed by atoms with Crippen molar-refractivity contribution >= 4 is 23.3 Å². The van der Waals surface area contributed by atoms with E-state index in [0.29, 0.717) is 17.2 Å². The number of amides is 2. The number of hydrazone groups is 1. The Morgan fingerprint density at radius 1 is 1.28 bits per heavy atom. The van der Waals surface area contributed by atoms with E-state index < -0.39 is 11.8 Å². The molecule has 3 rings (SSSR count). The first-order valence-electron chi connectivity index (χ1n) is 8.23. The topological polar surface area (TPSA) is 189 Å². The second-order valence-corrected chi connectivity index (χ2v) is 5.83. The molecule has 0 fully saturated rings. The Hall–Kier alpha value is -4.29. The van der Waals surface area contributed by atoms with Crippen LogP contribution in [0.2, 0.25) is 0 Å². The first kappa shape index (κ1) is 19.5. The van der Waals surface area contributed by atoms with E-state index in [-0.39, 0.29) is 23.9 Å². The summed E-state index contributed by atoms with van der Waals surface area (Å²) in [4.78, 5) is 23.3. The van der Waals surface area contributed by atoms with Crippen LogP contribution in [0.1, 0.15) is 28.7 Å². The molecule has 13 heteroatoms. The second-order valence-electron chi connectivity index (χ2n) is 5.83. The number of hydrogen-bond acceptors (Lipinski definition) is 10. The molecule has 2 aromatic heterocycles. The number of nitrogens with one attached hydrogen (secondary N) is 1. The average Bonchev–Trinajstić information content (AvgIpc) is 3.29. The van der Waals surface area contributed by atoms with Crippen LogP contribution in [0.15, 0.2) is 34.0 Å². The number of carbonyl (C=O) groups excluding carboxylic acids is 2. The number of nitrogen functional groups attached to an aromatic ring is 1. The van der Waals surface area contributed by atoms with E-state index in [9.17, 15) is 9.59 Å². The molecular formula is C16H17N9O4. The Morgan fingerprint density at radius 3 is 2.62 bits per heavy atom. The maximum Gasteiger partial charge on any atom is 0.292 e. The molecule has 5 N–H and O–H groups in total. The molecule has 0 spiro atoms. The van der Waals surface area contributed by atoms with Gasteiger partial charge in [-0.05, 0) is 54.0 Å². The molecular weight excluding hydrogens is 382 g/mol. The highest BCUT2D eigenvalue weighted by Crippen LogP contribution is 2.15. The summed E-state index contributed by atoms with van der Waals surface area (Å²) in [5.41, 5.74) is 14.8. The summed E-state index contributed by atoms with van der Waals surface area (Å²) in [7, 11) is 0. The second kappa shape index (κ2) is 8.16.